The zero-order valence-corrected chi connectivity index (χ0v) is 21.0. The van der Waals surface area contributed by atoms with E-state index in [4.69, 9.17) is 10.5 Å². The fourth-order valence-corrected chi connectivity index (χ4v) is 5.02. The molecule has 35 heavy (non-hydrogen) atoms. The first-order valence-electron chi connectivity index (χ1n) is 12.2. The normalized spacial score (nSPS) is 20.3. The maximum absolute atomic E-state index is 13.7. The van der Waals surface area contributed by atoms with Gasteiger partial charge in [0.15, 0.2) is 0 Å². The highest BCUT2D eigenvalue weighted by Crippen LogP contribution is 2.32. The van der Waals surface area contributed by atoms with Crippen LogP contribution in [0.5, 0.6) is 0 Å². The van der Waals surface area contributed by atoms with E-state index in [0.717, 1.165) is 36.0 Å². The fraction of sp³-hybridized carbons (Fsp3) is 0.464. The zero-order chi connectivity index (χ0) is 25.3. The van der Waals surface area contributed by atoms with E-state index < -0.39 is 23.5 Å². The number of amides is 2. The molecule has 2 aromatic rings. The minimum atomic E-state index is -0.765. The molecule has 3 N–H and O–H groups in total. The van der Waals surface area contributed by atoms with E-state index >= 15 is 0 Å². The van der Waals surface area contributed by atoms with Gasteiger partial charge in [-0.2, -0.15) is 0 Å². The fourth-order valence-electron chi connectivity index (χ4n) is 5.02. The first kappa shape index (κ1) is 24.9. The van der Waals surface area contributed by atoms with Gasteiger partial charge in [-0.05, 0) is 59.1 Å². The molecule has 3 unspecified atom stereocenters. The summed E-state index contributed by atoms with van der Waals surface area (Å²) in [5.74, 6) is -0.882. The Hall–Kier alpha value is -3.19. The molecule has 1 aliphatic heterocycles. The first-order chi connectivity index (χ1) is 16.6. The third kappa shape index (κ3) is 5.10. The summed E-state index contributed by atoms with van der Waals surface area (Å²) >= 11 is 0. The Bertz CT molecular complexity index is 1140. The molecule has 0 saturated carbocycles. The third-order valence-corrected chi connectivity index (χ3v) is 7.23. The summed E-state index contributed by atoms with van der Waals surface area (Å²) in [6, 6.07) is 12.0. The van der Waals surface area contributed by atoms with Crippen LogP contribution in [-0.4, -0.2) is 41.9 Å². The summed E-state index contributed by atoms with van der Waals surface area (Å²) in [5, 5.41) is 3.23. The number of nitrogens with two attached hydrogens (primary N) is 1. The van der Waals surface area contributed by atoms with Crippen LogP contribution in [0.2, 0.25) is 0 Å². The molecule has 1 heterocycles. The summed E-state index contributed by atoms with van der Waals surface area (Å²) in [5.41, 5.74) is 10.5. The maximum atomic E-state index is 13.7. The minimum Gasteiger partial charge on any atom is -0.465 e. The maximum Gasteiger partial charge on any atom is 0.337 e. The van der Waals surface area contributed by atoms with Crippen molar-refractivity contribution in [3.63, 3.8) is 0 Å². The number of fused-ring (bicyclic) bond motifs is 2. The molecule has 0 radical (unpaired) electrons. The minimum absolute atomic E-state index is 0.0798. The van der Waals surface area contributed by atoms with E-state index in [0.29, 0.717) is 12.0 Å². The van der Waals surface area contributed by atoms with Gasteiger partial charge in [-0.1, -0.05) is 51.1 Å². The Morgan fingerprint density at radius 3 is 2.54 bits per heavy atom. The van der Waals surface area contributed by atoms with Gasteiger partial charge in [-0.3, -0.25) is 9.59 Å². The second-order valence-electron chi connectivity index (χ2n) is 10.7. The van der Waals surface area contributed by atoms with Gasteiger partial charge >= 0.3 is 5.97 Å². The predicted octanol–water partition coefficient (Wildman–Crippen LogP) is 3.29. The highest BCUT2D eigenvalue weighted by atomic mass is 16.5. The smallest absolute Gasteiger partial charge is 0.337 e. The number of carbonyl (C=O) groups is 3. The largest absolute Gasteiger partial charge is 0.465 e. The number of ether oxygens (including phenoxy) is 1. The molecule has 2 amide bonds. The quantitative estimate of drug-likeness (QED) is 0.658. The molecule has 7 nitrogen and oxygen atoms in total. The highest BCUT2D eigenvalue weighted by molar-refractivity contribution is 5.92. The SMILES string of the molecule is COC(=O)c1ccc2c(c1)CN(C(=O)C(N)C(C)(C)C)C(C(=O)NC1CCCc3ccccc31)C2. The lowest BCUT2D eigenvalue weighted by Crippen LogP contribution is -2.59. The van der Waals surface area contributed by atoms with E-state index in [9.17, 15) is 14.4 Å². The molecule has 3 atom stereocenters. The molecular formula is C28H35N3O4. The van der Waals surface area contributed by atoms with Crippen LogP contribution in [0.1, 0.15) is 72.3 Å². The Labute approximate surface area is 207 Å². The van der Waals surface area contributed by atoms with Crippen LogP contribution in [0, 0.1) is 5.41 Å². The molecule has 186 valence electrons. The molecule has 0 aromatic heterocycles. The van der Waals surface area contributed by atoms with Crippen molar-refractivity contribution in [2.24, 2.45) is 11.1 Å². The van der Waals surface area contributed by atoms with Gasteiger partial charge < -0.3 is 20.7 Å². The third-order valence-electron chi connectivity index (χ3n) is 7.23. The van der Waals surface area contributed by atoms with Crippen molar-refractivity contribution in [3.05, 3.63) is 70.3 Å². The van der Waals surface area contributed by atoms with Crippen LogP contribution in [0.15, 0.2) is 42.5 Å². The number of aryl methyl sites for hydroxylation is 1. The zero-order valence-electron chi connectivity index (χ0n) is 21.0. The van der Waals surface area contributed by atoms with Crippen LogP contribution < -0.4 is 11.1 Å². The van der Waals surface area contributed by atoms with Gasteiger partial charge in [-0.15, -0.1) is 0 Å². The van der Waals surface area contributed by atoms with Crippen LogP contribution in [0.25, 0.3) is 0 Å². The van der Waals surface area contributed by atoms with E-state index in [1.807, 2.05) is 39.0 Å². The predicted molar refractivity (Wildman–Crippen MR) is 134 cm³/mol. The lowest BCUT2D eigenvalue weighted by molar-refractivity contribution is -0.145. The highest BCUT2D eigenvalue weighted by Gasteiger charge is 2.40. The number of rotatable bonds is 4. The van der Waals surface area contributed by atoms with Crippen LogP contribution >= 0.6 is 0 Å². The molecule has 4 rings (SSSR count). The monoisotopic (exact) mass is 477 g/mol. The molecule has 0 bridgehead atoms. The van der Waals surface area contributed by atoms with Gasteiger partial charge in [0.25, 0.3) is 0 Å². The first-order valence-corrected chi connectivity index (χ1v) is 12.2. The van der Waals surface area contributed by atoms with Crippen LogP contribution in [-0.2, 0) is 33.7 Å². The molecule has 1 aliphatic carbocycles. The van der Waals surface area contributed by atoms with Crippen molar-refractivity contribution in [2.45, 2.75) is 71.1 Å². The van der Waals surface area contributed by atoms with Crippen LogP contribution in [0.4, 0.5) is 0 Å². The number of carbonyl (C=O) groups excluding carboxylic acids is 3. The van der Waals surface area contributed by atoms with Gasteiger partial charge in [-0.25, -0.2) is 4.79 Å². The lowest BCUT2D eigenvalue weighted by atomic mass is 9.84. The molecule has 0 fully saturated rings. The van der Waals surface area contributed by atoms with Crippen molar-refractivity contribution in [2.75, 3.05) is 7.11 Å². The summed E-state index contributed by atoms with van der Waals surface area (Å²) in [4.78, 5) is 40.9. The number of benzene rings is 2. The number of methoxy groups -OCH3 is 1. The van der Waals surface area contributed by atoms with Crippen molar-refractivity contribution < 1.29 is 19.1 Å². The standard InChI is InChI=1S/C28H35N3O4/c1-28(2,3)24(29)26(33)31-16-20-14-19(27(34)35-4)13-12-18(20)15-23(31)25(32)30-22-11-7-9-17-8-5-6-10-21(17)22/h5-6,8,10,12-14,22-24H,7,9,11,15-16,29H2,1-4H3,(H,30,32). The van der Waals surface area contributed by atoms with Crippen molar-refractivity contribution >= 4 is 17.8 Å². The summed E-state index contributed by atoms with van der Waals surface area (Å²) < 4.78 is 4.85. The Balaban J connectivity index is 1.65. The Morgan fingerprint density at radius 2 is 1.83 bits per heavy atom. The number of hydrogen-bond acceptors (Lipinski definition) is 5. The summed E-state index contributed by atoms with van der Waals surface area (Å²) in [6.45, 7) is 5.95. The topological polar surface area (TPSA) is 102 Å². The summed E-state index contributed by atoms with van der Waals surface area (Å²) in [6.07, 6.45) is 3.24. The lowest BCUT2D eigenvalue weighted by Gasteiger charge is -2.40. The van der Waals surface area contributed by atoms with Crippen molar-refractivity contribution in [1.82, 2.24) is 10.2 Å². The second-order valence-corrected chi connectivity index (χ2v) is 10.7. The van der Waals surface area contributed by atoms with Gasteiger partial charge in [0, 0.05) is 13.0 Å². The molecular weight excluding hydrogens is 442 g/mol. The second kappa shape index (κ2) is 9.82. The van der Waals surface area contributed by atoms with Gasteiger partial charge in [0.2, 0.25) is 11.8 Å². The molecule has 2 aromatic carbocycles. The van der Waals surface area contributed by atoms with E-state index in [-0.39, 0.29) is 24.4 Å². The molecule has 7 heteroatoms. The average Bonchev–Trinajstić information content (AvgIpc) is 2.85. The van der Waals surface area contributed by atoms with E-state index in [1.165, 1.54) is 12.7 Å². The number of esters is 1. The molecule has 0 spiro atoms. The van der Waals surface area contributed by atoms with Crippen molar-refractivity contribution in [1.29, 1.82) is 0 Å². The van der Waals surface area contributed by atoms with Gasteiger partial charge in [0.1, 0.15) is 6.04 Å². The van der Waals surface area contributed by atoms with Crippen molar-refractivity contribution in [3.8, 4) is 0 Å². The van der Waals surface area contributed by atoms with E-state index in [2.05, 4.69) is 17.4 Å². The van der Waals surface area contributed by atoms with E-state index in [1.54, 1.807) is 17.0 Å². The number of nitrogens with one attached hydrogen (secondary N) is 1. The summed E-state index contributed by atoms with van der Waals surface area (Å²) in [7, 11) is 1.34. The number of hydrogen-bond donors (Lipinski definition) is 2. The Kier molecular flexibility index (Phi) is 6.99. The van der Waals surface area contributed by atoms with Crippen LogP contribution in [0.3, 0.4) is 0 Å². The molecule has 2 aliphatic rings. The molecule has 0 saturated heterocycles. The number of nitrogens with zero attached hydrogens (tertiary/aromatic N) is 1. The average molecular weight is 478 g/mol. The van der Waals surface area contributed by atoms with Gasteiger partial charge in [0.05, 0.1) is 24.8 Å². The Morgan fingerprint density at radius 1 is 1.09 bits per heavy atom.